The molecule has 22 heteroatoms. The lowest BCUT2D eigenvalue weighted by molar-refractivity contribution is 0.146. The normalized spacial score (nSPS) is 22.9. The molecule has 6 aromatic heterocycles. The smallest absolute Gasteiger partial charge is 0.269 e. The van der Waals surface area contributed by atoms with Crippen LogP contribution in [0.15, 0.2) is 108 Å². The van der Waals surface area contributed by atoms with Gasteiger partial charge in [0.05, 0.1) is 57.7 Å². The molecule has 0 amide bonds. The molecule has 2 aromatic carbocycles. The fourth-order valence-corrected chi connectivity index (χ4v) is 15.1. The summed E-state index contributed by atoms with van der Waals surface area (Å²) in [6.07, 6.45) is 18.0. The molecule has 2 saturated carbocycles. The van der Waals surface area contributed by atoms with Gasteiger partial charge in [0.1, 0.15) is 0 Å². The zero-order valence-corrected chi connectivity index (χ0v) is 46.3. The highest BCUT2D eigenvalue weighted by molar-refractivity contribution is 7.90. The number of rotatable bonds is 9. The number of imidazole rings is 2. The van der Waals surface area contributed by atoms with Crippen LogP contribution in [0.2, 0.25) is 0 Å². The Kier molecular flexibility index (Phi) is 15.2. The maximum absolute atomic E-state index is 13.4. The Balaban J connectivity index is 0.000000153. The molecule has 0 radical (unpaired) electrons. The Morgan fingerprint density at radius 2 is 1.04 bits per heavy atom. The van der Waals surface area contributed by atoms with Gasteiger partial charge in [0.25, 0.3) is 30.2 Å². The SMILES string of the molecule is Cc1ccc(S(=O)(=O)n2ccc3c2ncc2ncc(C4CC(N5CCC(C#N)CC5)CC4C)n23)cc1.Cc1ccc(S(=O)(=O)n2ccc3c2ncc2ncc(C4CC(OS(C)(=O)=O)CC4C)n23)cc1.N#CC1CCNCC1. The van der Waals surface area contributed by atoms with Crippen molar-refractivity contribution in [1.82, 2.24) is 46.9 Å². The van der Waals surface area contributed by atoms with Crippen LogP contribution in [0, 0.1) is 60.2 Å². The van der Waals surface area contributed by atoms with Crippen LogP contribution in [0.5, 0.6) is 0 Å². The summed E-state index contributed by atoms with van der Waals surface area (Å²) in [7, 11) is -11.1. The largest absolute Gasteiger partial charge is 0.317 e. The van der Waals surface area contributed by atoms with E-state index in [1.807, 2.05) is 30.5 Å². The van der Waals surface area contributed by atoms with Crippen molar-refractivity contribution in [3.63, 3.8) is 0 Å². The van der Waals surface area contributed by atoms with E-state index in [1.165, 1.54) is 14.1 Å². The molecule has 4 fully saturated rings. The van der Waals surface area contributed by atoms with Gasteiger partial charge in [0.2, 0.25) is 0 Å². The van der Waals surface area contributed by atoms with Gasteiger partial charge in [0.15, 0.2) is 22.6 Å². The van der Waals surface area contributed by atoms with Crippen LogP contribution < -0.4 is 5.32 Å². The van der Waals surface area contributed by atoms with E-state index < -0.39 is 36.3 Å². The lowest BCUT2D eigenvalue weighted by Gasteiger charge is -2.34. The van der Waals surface area contributed by atoms with Gasteiger partial charge < -0.3 is 10.2 Å². The number of likely N-dealkylation sites (tertiary alicyclic amines) is 1. The van der Waals surface area contributed by atoms with E-state index in [0.29, 0.717) is 59.1 Å². The van der Waals surface area contributed by atoms with Gasteiger partial charge >= 0.3 is 0 Å². The van der Waals surface area contributed by atoms with Crippen LogP contribution in [0.25, 0.3) is 33.6 Å². The van der Waals surface area contributed by atoms with E-state index in [4.69, 9.17) is 9.44 Å². The van der Waals surface area contributed by atoms with Crippen LogP contribution in [0.1, 0.15) is 99.6 Å². The highest BCUT2D eigenvalue weighted by Gasteiger charge is 2.39. The third-order valence-electron chi connectivity index (χ3n) is 16.0. The quantitative estimate of drug-likeness (QED) is 0.135. The number of aryl methyl sites for hydroxylation is 2. The first-order valence-electron chi connectivity index (χ1n) is 26.3. The fourth-order valence-electron chi connectivity index (χ4n) is 11.9. The van der Waals surface area contributed by atoms with Crippen molar-refractivity contribution < 1.29 is 29.4 Å². The highest BCUT2D eigenvalue weighted by Crippen LogP contribution is 2.44. The van der Waals surface area contributed by atoms with Crippen LogP contribution in [0.3, 0.4) is 0 Å². The number of benzene rings is 2. The van der Waals surface area contributed by atoms with E-state index in [1.54, 1.807) is 79.4 Å². The summed E-state index contributed by atoms with van der Waals surface area (Å²) in [5, 5.41) is 20.9. The standard InChI is InChI=1S/C27H30N6O2S.C22H24N4O5S2.C6H10N2/c1-18-3-5-22(6-4-18)36(34,35)32-12-9-24-27(32)30-17-26-29-16-25(33(24)26)23-14-21(13-19(23)2)31-10-7-20(15-28)8-11-31;1-14-4-6-17(7-5-14)33(29,30)25-9-8-19-22(25)24-13-21-23-12-20(26(19)21)18-11-16(10-15(18)2)31-32(3,27)28;7-5-6-1-3-8-4-2-6/h3-6,9,12,16-17,19-21,23H,7-8,10-11,13-14H2,1-2H3;4-9,12-13,15-16,18H,10-11H2,1-3H3;6,8H,1-4H2. The summed E-state index contributed by atoms with van der Waals surface area (Å²) in [6, 6.07) is 22.3. The first kappa shape index (κ1) is 53.9. The number of nitrogens with one attached hydrogen (secondary N) is 1. The second kappa shape index (κ2) is 21.7. The Morgan fingerprint density at radius 3 is 1.49 bits per heavy atom. The fraction of sp³-hybridized carbons (Fsp3) is 0.455. The predicted octanol–water partition coefficient (Wildman–Crippen LogP) is 7.94. The van der Waals surface area contributed by atoms with Crippen molar-refractivity contribution in [1.29, 1.82) is 10.5 Å². The van der Waals surface area contributed by atoms with E-state index in [0.717, 1.165) is 105 Å². The van der Waals surface area contributed by atoms with Crippen molar-refractivity contribution >= 4 is 63.8 Å². The van der Waals surface area contributed by atoms with Crippen molar-refractivity contribution in [2.75, 3.05) is 32.4 Å². The molecule has 8 heterocycles. The van der Waals surface area contributed by atoms with Crippen LogP contribution >= 0.6 is 0 Å². The van der Waals surface area contributed by atoms with Gasteiger partial charge in [0, 0.05) is 65.9 Å². The maximum Gasteiger partial charge on any atom is 0.269 e. The Morgan fingerprint density at radius 1 is 0.584 bits per heavy atom. The average molecular weight is 1100 g/mol. The number of piperidine rings is 2. The number of hydrogen-bond acceptors (Lipinski definition) is 15. The Labute approximate surface area is 449 Å². The molecule has 19 nitrogen and oxygen atoms in total. The minimum Gasteiger partial charge on any atom is -0.317 e. The number of nitriles is 2. The summed E-state index contributed by atoms with van der Waals surface area (Å²) in [6.45, 7) is 12.2. The Bertz CT molecular complexity index is 3880. The molecule has 6 atom stereocenters. The summed E-state index contributed by atoms with van der Waals surface area (Å²) in [5.41, 5.74) is 7.39. The van der Waals surface area contributed by atoms with E-state index in [-0.39, 0.29) is 27.5 Å². The molecule has 1 N–H and O–H groups in total. The van der Waals surface area contributed by atoms with E-state index in [9.17, 15) is 30.5 Å². The molecule has 404 valence electrons. The number of hydrogen-bond donors (Lipinski definition) is 1. The first-order chi connectivity index (χ1) is 36.8. The van der Waals surface area contributed by atoms with Crippen molar-refractivity contribution in [3.05, 3.63) is 120 Å². The van der Waals surface area contributed by atoms with Gasteiger partial charge in [-0.2, -0.15) is 18.9 Å². The molecule has 0 bridgehead atoms. The minimum atomic E-state index is -3.83. The molecule has 12 rings (SSSR count). The predicted molar refractivity (Wildman–Crippen MR) is 291 cm³/mol. The van der Waals surface area contributed by atoms with Crippen LogP contribution in [0.4, 0.5) is 0 Å². The van der Waals surface area contributed by atoms with Gasteiger partial charge in [-0.05, 0) is 140 Å². The number of nitrogens with zero attached hydrogens (tertiary/aromatic N) is 11. The van der Waals surface area contributed by atoms with E-state index in [2.05, 4.69) is 60.5 Å². The van der Waals surface area contributed by atoms with Crippen molar-refractivity contribution in [2.24, 2.45) is 23.7 Å². The lowest BCUT2D eigenvalue weighted by atomic mass is 9.95. The minimum absolute atomic E-state index is 0.00871. The van der Waals surface area contributed by atoms with Crippen LogP contribution in [-0.4, -0.2) is 111 Å². The zero-order valence-electron chi connectivity index (χ0n) is 43.8. The number of fused-ring (bicyclic) bond motifs is 6. The molecular formula is C55H64N12O7S3. The topological polar surface area (TPSA) is 245 Å². The van der Waals surface area contributed by atoms with Gasteiger partial charge in [-0.25, -0.2) is 44.7 Å². The summed E-state index contributed by atoms with van der Waals surface area (Å²) in [4.78, 5) is 21.0. The molecule has 2 aliphatic carbocycles. The van der Waals surface area contributed by atoms with Crippen LogP contribution in [-0.2, 0) is 34.3 Å². The molecule has 4 aliphatic rings. The first-order valence-corrected chi connectivity index (χ1v) is 31.0. The van der Waals surface area contributed by atoms with Gasteiger partial charge in [-0.3, -0.25) is 13.0 Å². The maximum atomic E-state index is 13.4. The van der Waals surface area contributed by atoms with Crippen molar-refractivity contribution in [3.8, 4) is 12.1 Å². The molecule has 6 unspecified atom stereocenters. The van der Waals surface area contributed by atoms with Crippen molar-refractivity contribution in [2.45, 2.75) is 113 Å². The summed E-state index contributed by atoms with van der Waals surface area (Å²) < 4.78 is 88.3. The second-order valence-electron chi connectivity index (χ2n) is 21.3. The van der Waals surface area contributed by atoms with Gasteiger partial charge in [-0.15, -0.1) is 0 Å². The molecule has 8 aromatic rings. The Hall–Kier alpha value is -6.53. The van der Waals surface area contributed by atoms with E-state index >= 15 is 0 Å². The summed E-state index contributed by atoms with van der Waals surface area (Å²) in [5.74, 6) is 1.49. The lowest BCUT2D eigenvalue weighted by Crippen LogP contribution is -2.40. The van der Waals surface area contributed by atoms with Gasteiger partial charge in [-0.1, -0.05) is 49.2 Å². The molecule has 0 spiro atoms. The highest BCUT2D eigenvalue weighted by atomic mass is 32.2. The second-order valence-corrected chi connectivity index (χ2v) is 26.6. The zero-order chi connectivity index (χ0) is 54.4. The number of aromatic nitrogens is 8. The summed E-state index contributed by atoms with van der Waals surface area (Å²) >= 11 is 0. The average Bonchev–Trinajstić information content (AvgIpc) is 4.36. The molecular weight excluding hydrogens is 1040 g/mol. The monoisotopic (exact) mass is 1100 g/mol. The molecule has 2 aliphatic heterocycles. The molecule has 2 saturated heterocycles. The third-order valence-corrected chi connectivity index (χ3v) is 20.0. The third kappa shape index (κ3) is 10.9. The molecule has 77 heavy (non-hydrogen) atoms.